The molecule has 0 radical (unpaired) electrons. The fraction of sp³-hybridized carbons (Fsp3) is 0.889. The molecule has 1 aliphatic carbocycles. The number of hydrogen-bond donors (Lipinski definition) is 0. The van der Waals surface area contributed by atoms with Crippen LogP contribution in [0.25, 0.3) is 0 Å². The van der Waals surface area contributed by atoms with E-state index in [2.05, 4.69) is 0 Å². The second kappa shape index (κ2) is 3.01. The third-order valence-corrected chi connectivity index (χ3v) is 4.24. The standard InChI is InChI=1S/C9H13Cl3O/c1-7(2)4-5-8(3,6(7)13)9(10,11)12/h4-5H2,1-3H3. The van der Waals surface area contributed by atoms with Crippen molar-refractivity contribution in [3.05, 3.63) is 0 Å². The van der Waals surface area contributed by atoms with Crippen LogP contribution in [-0.4, -0.2) is 9.58 Å². The maximum atomic E-state index is 11.9. The van der Waals surface area contributed by atoms with E-state index in [1.165, 1.54) is 0 Å². The molecule has 0 amide bonds. The fourth-order valence-corrected chi connectivity index (χ4v) is 2.35. The number of ketones is 1. The van der Waals surface area contributed by atoms with Crippen molar-refractivity contribution < 1.29 is 4.79 Å². The van der Waals surface area contributed by atoms with E-state index in [0.29, 0.717) is 6.42 Å². The Morgan fingerprint density at radius 2 is 1.62 bits per heavy atom. The first-order chi connectivity index (χ1) is 5.61. The van der Waals surface area contributed by atoms with Gasteiger partial charge in [-0.2, -0.15) is 0 Å². The summed E-state index contributed by atoms with van der Waals surface area (Å²) in [6.45, 7) is 5.53. The van der Waals surface area contributed by atoms with Gasteiger partial charge in [-0.3, -0.25) is 4.79 Å². The third-order valence-electron chi connectivity index (χ3n) is 2.99. The summed E-state index contributed by atoms with van der Waals surface area (Å²) in [5.74, 6) is 0.0556. The van der Waals surface area contributed by atoms with Crippen LogP contribution in [0.15, 0.2) is 0 Å². The minimum Gasteiger partial charge on any atom is -0.298 e. The van der Waals surface area contributed by atoms with E-state index in [-0.39, 0.29) is 11.2 Å². The molecule has 13 heavy (non-hydrogen) atoms. The molecule has 0 saturated heterocycles. The van der Waals surface area contributed by atoms with Crippen LogP contribution in [0.2, 0.25) is 0 Å². The monoisotopic (exact) mass is 242 g/mol. The maximum Gasteiger partial charge on any atom is 0.202 e. The minimum absolute atomic E-state index is 0.0556. The zero-order chi connectivity index (χ0) is 10.5. The number of rotatable bonds is 0. The molecule has 0 aromatic rings. The lowest BCUT2D eigenvalue weighted by Gasteiger charge is -2.31. The van der Waals surface area contributed by atoms with Gasteiger partial charge in [0.2, 0.25) is 3.79 Å². The van der Waals surface area contributed by atoms with Gasteiger partial charge >= 0.3 is 0 Å². The lowest BCUT2D eigenvalue weighted by molar-refractivity contribution is -0.131. The molecule has 1 fully saturated rings. The smallest absolute Gasteiger partial charge is 0.202 e. The summed E-state index contributed by atoms with van der Waals surface area (Å²) in [6, 6.07) is 0. The number of halogens is 3. The predicted octanol–water partition coefficient (Wildman–Crippen LogP) is 3.75. The summed E-state index contributed by atoms with van der Waals surface area (Å²) < 4.78 is -1.49. The van der Waals surface area contributed by atoms with Gasteiger partial charge in [-0.25, -0.2) is 0 Å². The Morgan fingerprint density at radius 1 is 1.15 bits per heavy atom. The van der Waals surface area contributed by atoms with E-state index in [4.69, 9.17) is 34.8 Å². The fourth-order valence-electron chi connectivity index (χ4n) is 1.81. The van der Waals surface area contributed by atoms with Gasteiger partial charge in [0.15, 0.2) is 0 Å². The van der Waals surface area contributed by atoms with Crippen LogP contribution in [0.3, 0.4) is 0 Å². The third kappa shape index (κ3) is 1.71. The van der Waals surface area contributed by atoms with Crippen LogP contribution in [0.1, 0.15) is 33.6 Å². The van der Waals surface area contributed by atoms with Gasteiger partial charge < -0.3 is 0 Å². The molecule has 76 valence electrons. The van der Waals surface area contributed by atoms with Crippen LogP contribution < -0.4 is 0 Å². The summed E-state index contributed by atoms with van der Waals surface area (Å²) >= 11 is 17.4. The van der Waals surface area contributed by atoms with Crippen molar-refractivity contribution in [2.45, 2.75) is 37.4 Å². The van der Waals surface area contributed by atoms with Gasteiger partial charge in [-0.15, -0.1) is 0 Å². The molecule has 1 saturated carbocycles. The highest BCUT2D eigenvalue weighted by Crippen LogP contribution is 2.57. The Labute approximate surface area is 93.7 Å². The van der Waals surface area contributed by atoms with Crippen molar-refractivity contribution in [2.75, 3.05) is 0 Å². The Kier molecular flexibility index (Phi) is 2.69. The number of Topliss-reactive ketones (excluding diaryl/α,β-unsaturated/α-hetero) is 1. The highest BCUT2D eigenvalue weighted by Gasteiger charge is 2.58. The van der Waals surface area contributed by atoms with Gasteiger partial charge in [-0.05, 0) is 19.8 Å². The molecular weight excluding hydrogens is 230 g/mol. The molecule has 1 unspecified atom stereocenters. The van der Waals surface area contributed by atoms with Crippen molar-refractivity contribution >= 4 is 40.6 Å². The first-order valence-electron chi connectivity index (χ1n) is 4.23. The average Bonchev–Trinajstić information content (AvgIpc) is 2.14. The summed E-state index contributed by atoms with van der Waals surface area (Å²) in [5.41, 5.74) is -1.17. The van der Waals surface area contributed by atoms with Crippen LogP contribution in [0, 0.1) is 10.8 Å². The SMILES string of the molecule is CC1(C)CCC(C)(C(Cl)(Cl)Cl)C1=O. The van der Waals surface area contributed by atoms with Gasteiger partial charge in [-0.1, -0.05) is 48.7 Å². The van der Waals surface area contributed by atoms with Crippen LogP contribution in [0.5, 0.6) is 0 Å². The van der Waals surface area contributed by atoms with E-state index in [1.807, 2.05) is 13.8 Å². The second-order valence-electron chi connectivity index (χ2n) is 4.54. The molecule has 1 aliphatic rings. The summed E-state index contributed by atoms with van der Waals surface area (Å²) in [5, 5.41) is 0. The maximum absolute atomic E-state index is 11.9. The zero-order valence-electron chi connectivity index (χ0n) is 7.96. The molecule has 0 N–H and O–H groups in total. The van der Waals surface area contributed by atoms with E-state index in [1.54, 1.807) is 6.92 Å². The lowest BCUT2D eigenvalue weighted by Crippen LogP contribution is -2.40. The van der Waals surface area contributed by atoms with Crippen molar-refractivity contribution in [1.29, 1.82) is 0 Å². The Balaban J connectivity index is 3.05. The number of hydrogen-bond acceptors (Lipinski definition) is 1. The van der Waals surface area contributed by atoms with E-state index < -0.39 is 9.21 Å². The summed E-state index contributed by atoms with van der Waals surface area (Å²) in [6.07, 6.45) is 1.44. The first-order valence-corrected chi connectivity index (χ1v) is 5.36. The molecule has 0 aromatic heterocycles. The minimum atomic E-state index is -1.49. The molecule has 0 bridgehead atoms. The van der Waals surface area contributed by atoms with Crippen LogP contribution in [0.4, 0.5) is 0 Å². The van der Waals surface area contributed by atoms with Crippen LogP contribution >= 0.6 is 34.8 Å². The predicted molar refractivity (Wildman–Crippen MR) is 56.4 cm³/mol. The van der Waals surface area contributed by atoms with Crippen molar-refractivity contribution in [2.24, 2.45) is 10.8 Å². The normalized spacial score (nSPS) is 33.8. The molecule has 1 rings (SSSR count). The Morgan fingerprint density at radius 3 is 1.77 bits per heavy atom. The molecule has 4 heteroatoms. The molecule has 1 nitrogen and oxygen atoms in total. The molecular formula is C9H13Cl3O. The van der Waals surface area contributed by atoms with E-state index >= 15 is 0 Å². The van der Waals surface area contributed by atoms with E-state index in [9.17, 15) is 4.79 Å². The van der Waals surface area contributed by atoms with Crippen molar-refractivity contribution in [1.82, 2.24) is 0 Å². The highest BCUT2D eigenvalue weighted by molar-refractivity contribution is 6.69. The summed E-state index contributed by atoms with van der Waals surface area (Å²) in [7, 11) is 0. The number of alkyl halides is 3. The molecule has 0 aromatic carbocycles. The van der Waals surface area contributed by atoms with Crippen molar-refractivity contribution in [3.8, 4) is 0 Å². The summed E-state index contributed by atoms with van der Waals surface area (Å²) in [4.78, 5) is 11.9. The highest BCUT2D eigenvalue weighted by atomic mass is 35.6. The number of carbonyl (C=O) groups is 1. The van der Waals surface area contributed by atoms with Gasteiger partial charge in [0.1, 0.15) is 5.78 Å². The molecule has 0 spiro atoms. The number of carbonyl (C=O) groups excluding carboxylic acids is 1. The Bertz CT molecular complexity index is 242. The first kappa shape index (κ1) is 11.6. The largest absolute Gasteiger partial charge is 0.298 e. The van der Waals surface area contributed by atoms with Crippen molar-refractivity contribution in [3.63, 3.8) is 0 Å². The van der Waals surface area contributed by atoms with E-state index in [0.717, 1.165) is 6.42 Å². The van der Waals surface area contributed by atoms with Gasteiger partial charge in [0.05, 0.1) is 5.41 Å². The quantitative estimate of drug-likeness (QED) is 0.592. The molecule has 0 aliphatic heterocycles. The zero-order valence-corrected chi connectivity index (χ0v) is 10.2. The Hall–Kier alpha value is 0.540. The van der Waals surface area contributed by atoms with Gasteiger partial charge in [0.25, 0.3) is 0 Å². The lowest BCUT2D eigenvalue weighted by atomic mass is 9.82. The molecule has 0 heterocycles. The topological polar surface area (TPSA) is 17.1 Å². The second-order valence-corrected chi connectivity index (χ2v) is 6.82. The molecule has 1 atom stereocenters. The van der Waals surface area contributed by atoms with Crippen LogP contribution in [-0.2, 0) is 4.79 Å². The average molecular weight is 244 g/mol. The van der Waals surface area contributed by atoms with Gasteiger partial charge in [0, 0.05) is 5.41 Å².